The molecule has 3 rings (SSSR count). The van der Waals surface area contributed by atoms with Gasteiger partial charge in [0.05, 0.1) is 16.4 Å². The maximum absolute atomic E-state index is 6.12. The second-order valence-corrected chi connectivity index (χ2v) is 5.83. The molecular weight excluding hydrogens is 350 g/mol. The number of halogens is 2. The molecule has 1 aromatic heterocycles. The second kappa shape index (κ2) is 6.33. The molecule has 0 atom stereocenters. The van der Waals surface area contributed by atoms with Crippen molar-refractivity contribution in [1.29, 1.82) is 0 Å². The summed E-state index contributed by atoms with van der Waals surface area (Å²) in [4.78, 5) is 0. The summed E-state index contributed by atoms with van der Waals surface area (Å²) in [6, 6.07) is 15.9. The summed E-state index contributed by atoms with van der Waals surface area (Å²) in [5.74, 6) is 0. The molecule has 0 bridgehead atoms. The van der Waals surface area contributed by atoms with Crippen LogP contribution in [0.5, 0.6) is 0 Å². The third-order valence-electron chi connectivity index (χ3n) is 3.12. The molecule has 0 aliphatic heterocycles. The van der Waals surface area contributed by atoms with Crippen molar-refractivity contribution in [2.45, 2.75) is 6.54 Å². The molecular formula is C16H13BrClN3. The molecule has 5 heteroatoms. The van der Waals surface area contributed by atoms with Crippen molar-refractivity contribution >= 4 is 33.2 Å². The number of benzene rings is 2. The summed E-state index contributed by atoms with van der Waals surface area (Å²) in [5, 5.41) is 8.42. The largest absolute Gasteiger partial charge is 0.379 e. The van der Waals surface area contributed by atoms with Gasteiger partial charge >= 0.3 is 0 Å². The Hall–Kier alpha value is -1.78. The summed E-state index contributed by atoms with van der Waals surface area (Å²) in [6.45, 7) is 0.700. The molecule has 1 N–H and O–H groups in total. The number of hydrogen-bond donors (Lipinski definition) is 1. The molecule has 0 unspecified atom stereocenters. The minimum absolute atomic E-state index is 0.700. The highest BCUT2D eigenvalue weighted by molar-refractivity contribution is 9.10. The minimum Gasteiger partial charge on any atom is -0.379 e. The van der Waals surface area contributed by atoms with Crippen LogP contribution in [0.3, 0.4) is 0 Å². The quantitative estimate of drug-likeness (QED) is 0.715. The van der Waals surface area contributed by atoms with E-state index in [4.69, 9.17) is 11.6 Å². The van der Waals surface area contributed by atoms with Crippen LogP contribution in [0.25, 0.3) is 5.69 Å². The molecule has 0 aliphatic carbocycles. The van der Waals surface area contributed by atoms with Crippen LogP contribution in [-0.2, 0) is 6.54 Å². The van der Waals surface area contributed by atoms with Crippen LogP contribution in [0.1, 0.15) is 5.56 Å². The van der Waals surface area contributed by atoms with Crippen molar-refractivity contribution < 1.29 is 0 Å². The maximum Gasteiger partial charge on any atom is 0.0876 e. The number of hydrogen-bond acceptors (Lipinski definition) is 2. The van der Waals surface area contributed by atoms with Crippen molar-refractivity contribution in [2.75, 3.05) is 5.32 Å². The molecule has 2 aromatic carbocycles. The van der Waals surface area contributed by atoms with E-state index in [1.165, 1.54) is 0 Å². The molecule has 0 aliphatic rings. The molecule has 0 saturated carbocycles. The predicted molar refractivity (Wildman–Crippen MR) is 90.0 cm³/mol. The van der Waals surface area contributed by atoms with Crippen LogP contribution in [-0.4, -0.2) is 9.78 Å². The minimum atomic E-state index is 0.700. The van der Waals surface area contributed by atoms with Gasteiger partial charge in [-0.2, -0.15) is 5.10 Å². The van der Waals surface area contributed by atoms with Crippen molar-refractivity contribution in [3.63, 3.8) is 0 Å². The summed E-state index contributed by atoms with van der Waals surface area (Å²) >= 11 is 9.52. The van der Waals surface area contributed by atoms with E-state index in [9.17, 15) is 0 Å². The van der Waals surface area contributed by atoms with Gasteiger partial charge in [0, 0.05) is 23.4 Å². The molecule has 21 heavy (non-hydrogen) atoms. The van der Waals surface area contributed by atoms with Gasteiger partial charge < -0.3 is 5.32 Å². The second-order valence-electron chi connectivity index (χ2n) is 4.57. The van der Waals surface area contributed by atoms with Crippen molar-refractivity contribution in [3.05, 3.63) is 76.0 Å². The Morgan fingerprint density at radius 1 is 1.14 bits per heavy atom. The molecule has 0 spiro atoms. The lowest BCUT2D eigenvalue weighted by Crippen LogP contribution is -2.04. The van der Waals surface area contributed by atoms with E-state index in [1.54, 1.807) is 6.20 Å². The van der Waals surface area contributed by atoms with E-state index in [0.29, 0.717) is 6.54 Å². The highest BCUT2D eigenvalue weighted by Crippen LogP contribution is 2.24. The van der Waals surface area contributed by atoms with E-state index < -0.39 is 0 Å². The van der Waals surface area contributed by atoms with E-state index in [-0.39, 0.29) is 0 Å². The first-order valence-electron chi connectivity index (χ1n) is 6.51. The molecule has 0 radical (unpaired) electrons. The van der Waals surface area contributed by atoms with Gasteiger partial charge in [0.1, 0.15) is 0 Å². The van der Waals surface area contributed by atoms with Crippen LogP contribution in [0.15, 0.2) is 65.4 Å². The standard InChI is InChI=1S/C16H13BrClN3/c17-13-7-6-12(10-14(13)18)11-19-15-4-1-2-5-16(15)21-9-3-8-20-21/h1-10,19H,11H2. The third kappa shape index (κ3) is 3.28. The average molecular weight is 363 g/mol. The number of nitrogens with zero attached hydrogens (tertiary/aromatic N) is 2. The highest BCUT2D eigenvalue weighted by atomic mass is 79.9. The van der Waals surface area contributed by atoms with Crippen molar-refractivity contribution in [3.8, 4) is 5.69 Å². The zero-order valence-electron chi connectivity index (χ0n) is 11.1. The van der Waals surface area contributed by atoms with E-state index in [2.05, 4.69) is 26.3 Å². The summed E-state index contributed by atoms with van der Waals surface area (Å²) in [5.41, 5.74) is 3.17. The zero-order chi connectivity index (χ0) is 14.7. The lowest BCUT2D eigenvalue weighted by atomic mass is 10.2. The first-order valence-corrected chi connectivity index (χ1v) is 7.68. The Bertz CT molecular complexity index is 741. The fraction of sp³-hybridized carbons (Fsp3) is 0.0625. The van der Waals surface area contributed by atoms with Gasteiger partial charge in [-0.05, 0) is 51.8 Å². The zero-order valence-corrected chi connectivity index (χ0v) is 13.5. The van der Waals surface area contributed by atoms with Gasteiger partial charge in [-0.15, -0.1) is 0 Å². The van der Waals surface area contributed by atoms with Gasteiger partial charge in [0.2, 0.25) is 0 Å². The Morgan fingerprint density at radius 3 is 2.76 bits per heavy atom. The average Bonchev–Trinajstić information content (AvgIpc) is 3.03. The predicted octanol–water partition coefficient (Wildman–Crippen LogP) is 4.90. The summed E-state index contributed by atoms with van der Waals surface area (Å²) in [7, 11) is 0. The normalized spacial score (nSPS) is 10.6. The van der Waals surface area contributed by atoms with Crippen molar-refractivity contribution in [2.24, 2.45) is 0 Å². The number of anilines is 1. The van der Waals surface area contributed by atoms with Gasteiger partial charge in [-0.3, -0.25) is 0 Å². The Morgan fingerprint density at radius 2 is 2.00 bits per heavy atom. The van der Waals surface area contributed by atoms with Crippen molar-refractivity contribution in [1.82, 2.24) is 9.78 Å². The topological polar surface area (TPSA) is 29.9 Å². The molecule has 106 valence electrons. The lowest BCUT2D eigenvalue weighted by molar-refractivity contribution is 0.879. The lowest BCUT2D eigenvalue weighted by Gasteiger charge is -2.12. The smallest absolute Gasteiger partial charge is 0.0876 e. The fourth-order valence-electron chi connectivity index (χ4n) is 2.08. The van der Waals surface area contributed by atoms with E-state index in [1.807, 2.05) is 59.4 Å². The van der Waals surface area contributed by atoms with E-state index >= 15 is 0 Å². The van der Waals surface area contributed by atoms with Gasteiger partial charge in [0.25, 0.3) is 0 Å². The highest BCUT2D eigenvalue weighted by Gasteiger charge is 2.04. The fourth-order valence-corrected chi connectivity index (χ4v) is 2.53. The number of para-hydroxylation sites is 2. The Balaban J connectivity index is 1.81. The van der Waals surface area contributed by atoms with Gasteiger partial charge in [-0.25, -0.2) is 4.68 Å². The van der Waals surface area contributed by atoms with Crippen LogP contribution in [0.4, 0.5) is 5.69 Å². The summed E-state index contributed by atoms with van der Waals surface area (Å²) in [6.07, 6.45) is 3.70. The number of aromatic nitrogens is 2. The first-order chi connectivity index (χ1) is 10.2. The number of nitrogens with one attached hydrogen (secondary N) is 1. The molecule has 0 saturated heterocycles. The first kappa shape index (κ1) is 14.2. The summed E-state index contributed by atoms with van der Waals surface area (Å²) < 4.78 is 2.75. The maximum atomic E-state index is 6.12. The molecule has 1 heterocycles. The Kier molecular flexibility index (Phi) is 4.27. The molecule has 0 fully saturated rings. The Labute approximate surface area is 136 Å². The molecule has 0 amide bonds. The monoisotopic (exact) mass is 361 g/mol. The molecule has 3 aromatic rings. The van der Waals surface area contributed by atoms with E-state index in [0.717, 1.165) is 26.4 Å². The third-order valence-corrected chi connectivity index (χ3v) is 4.35. The SMILES string of the molecule is Clc1cc(CNc2ccccc2-n2cccn2)ccc1Br. The van der Waals surface area contributed by atoms with Crippen LogP contribution < -0.4 is 5.32 Å². The number of rotatable bonds is 4. The van der Waals surface area contributed by atoms with Gasteiger partial charge in [0.15, 0.2) is 0 Å². The van der Waals surface area contributed by atoms with Gasteiger partial charge in [-0.1, -0.05) is 29.8 Å². The van der Waals surface area contributed by atoms with Crippen LogP contribution >= 0.6 is 27.5 Å². The molecule has 3 nitrogen and oxygen atoms in total. The van der Waals surface area contributed by atoms with Crippen LogP contribution in [0.2, 0.25) is 5.02 Å². The van der Waals surface area contributed by atoms with Crippen LogP contribution in [0, 0.1) is 0 Å².